The van der Waals surface area contributed by atoms with Gasteiger partial charge in [-0.05, 0) is 24.3 Å². The maximum absolute atomic E-state index is 12.4. The molecule has 88 valence electrons. The summed E-state index contributed by atoms with van der Waals surface area (Å²) >= 11 is 0. The molecule has 0 atom stereocenters. The minimum Gasteiger partial charge on any atom is -0.478 e. The van der Waals surface area contributed by atoms with Gasteiger partial charge in [0.15, 0.2) is 0 Å². The van der Waals surface area contributed by atoms with E-state index in [1.165, 1.54) is 18.2 Å². The van der Waals surface area contributed by atoms with E-state index in [9.17, 15) is 18.0 Å². The van der Waals surface area contributed by atoms with Crippen molar-refractivity contribution in [2.45, 2.75) is 6.18 Å². The van der Waals surface area contributed by atoms with Gasteiger partial charge in [0.05, 0.1) is 16.6 Å². The van der Waals surface area contributed by atoms with Gasteiger partial charge >= 0.3 is 12.1 Å². The number of hydrogen-bond donors (Lipinski definition) is 1. The maximum atomic E-state index is 12.4. The SMILES string of the molecule is O=C(O)c1ccc2ncc(C(F)(F)F)cc2c1. The summed E-state index contributed by atoms with van der Waals surface area (Å²) in [7, 11) is 0. The van der Waals surface area contributed by atoms with Crippen LogP contribution in [-0.2, 0) is 6.18 Å². The van der Waals surface area contributed by atoms with Gasteiger partial charge in [-0.1, -0.05) is 0 Å². The van der Waals surface area contributed by atoms with Gasteiger partial charge in [0.25, 0.3) is 0 Å². The van der Waals surface area contributed by atoms with Crippen LogP contribution in [0.3, 0.4) is 0 Å². The molecular formula is C11H6F3NO2. The van der Waals surface area contributed by atoms with Crippen molar-refractivity contribution in [3.05, 3.63) is 41.6 Å². The number of aromatic nitrogens is 1. The summed E-state index contributed by atoms with van der Waals surface area (Å²) in [5.41, 5.74) is -0.644. The van der Waals surface area contributed by atoms with E-state index < -0.39 is 17.7 Å². The quantitative estimate of drug-likeness (QED) is 0.835. The predicted octanol–water partition coefficient (Wildman–Crippen LogP) is 2.95. The van der Waals surface area contributed by atoms with E-state index in [0.29, 0.717) is 5.52 Å². The lowest BCUT2D eigenvalue weighted by Crippen LogP contribution is -2.05. The average Bonchev–Trinajstić information content (AvgIpc) is 2.26. The van der Waals surface area contributed by atoms with Crippen molar-refractivity contribution in [3.8, 4) is 0 Å². The Kier molecular flexibility index (Phi) is 2.49. The molecule has 0 saturated carbocycles. The predicted molar refractivity (Wildman–Crippen MR) is 53.7 cm³/mol. The summed E-state index contributed by atoms with van der Waals surface area (Å²) in [4.78, 5) is 14.3. The Balaban J connectivity index is 2.62. The Bertz CT molecular complexity index is 593. The van der Waals surface area contributed by atoms with E-state index in [-0.39, 0.29) is 10.9 Å². The zero-order valence-electron chi connectivity index (χ0n) is 8.32. The lowest BCUT2D eigenvalue weighted by Gasteiger charge is -2.07. The third-order valence-corrected chi connectivity index (χ3v) is 2.26. The number of nitrogens with zero attached hydrogens (tertiary/aromatic N) is 1. The summed E-state index contributed by atoms with van der Waals surface area (Å²) in [6, 6.07) is 4.72. The van der Waals surface area contributed by atoms with Crippen LogP contribution in [0.25, 0.3) is 10.9 Å². The van der Waals surface area contributed by atoms with Crippen LogP contribution in [-0.4, -0.2) is 16.1 Å². The molecule has 0 aliphatic carbocycles. The molecule has 6 heteroatoms. The lowest BCUT2D eigenvalue weighted by molar-refractivity contribution is -0.137. The number of pyridine rings is 1. The van der Waals surface area contributed by atoms with E-state index in [4.69, 9.17) is 5.11 Å². The Morgan fingerprint density at radius 2 is 1.94 bits per heavy atom. The van der Waals surface area contributed by atoms with Crippen molar-refractivity contribution in [2.75, 3.05) is 0 Å². The van der Waals surface area contributed by atoms with Crippen molar-refractivity contribution >= 4 is 16.9 Å². The van der Waals surface area contributed by atoms with Crippen LogP contribution in [0.4, 0.5) is 13.2 Å². The first-order valence-corrected chi connectivity index (χ1v) is 4.58. The second-order valence-corrected chi connectivity index (χ2v) is 3.43. The smallest absolute Gasteiger partial charge is 0.417 e. The van der Waals surface area contributed by atoms with E-state index in [2.05, 4.69) is 4.98 Å². The summed E-state index contributed by atoms with van der Waals surface area (Å²) < 4.78 is 37.3. The number of benzene rings is 1. The molecule has 0 fully saturated rings. The molecule has 0 amide bonds. The molecule has 0 saturated heterocycles. The molecule has 2 aromatic rings. The number of carboxylic acids is 1. The first kappa shape index (κ1) is 11.4. The molecule has 0 unspecified atom stereocenters. The summed E-state index contributed by atoms with van der Waals surface area (Å²) in [6.07, 6.45) is -3.76. The first-order valence-electron chi connectivity index (χ1n) is 4.58. The molecule has 0 aliphatic rings. The Morgan fingerprint density at radius 1 is 1.24 bits per heavy atom. The number of aromatic carboxylic acids is 1. The highest BCUT2D eigenvalue weighted by molar-refractivity contribution is 5.93. The van der Waals surface area contributed by atoms with E-state index >= 15 is 0 Å². The van der Waals surface area contributed by atoms with Crippen molar-refractivity contribution in [2.24, 2.45) is 0 Å². The van der Waals surface area contributed by atoms with E-state index in [1.54, 1.807) is 0 Å². The molecule has 2 rings (SSSR count). The molecular weight excluding hydrogens is 235 g/mol. The number of carboxylic acid groups (broad SMARTS) is 1. The van der Waals surface area contributed by atoms with Crippen LogP contribution in [0.5, 0.6) is 0 Å². The Labute approximate surface area is 93.5 Å². The number of rotatable bonds is 1. The van der Waals surface area contributed by atoms with Gasteiger partial charge in [-0.3, -0.25) is 4.98 Å². The van der Waals surface area contributed by atoms with Crippen molar-refractivity contribution in [1.82, 2.24) is 4.98 Å². The molecule has 0 spiro atoms. The third kappa shape index (κ3) is 2.20. The van der Waals surface area contributed by atoms with Crippen LogP contribution in [0.15, 0.2) is 30.5 Å². The fraction of sp³-hybridized carbons (Fsp3) is 0.0909. The molecule has 3 nitrogen and oxygen atoms in total. The van der Waals surface area contributed by atoms with Crippen molar-refractivity contribution in [3.63, 3.8) is 0 Å². The molecule has 1 heterocycles. The molecule has 1 aromatic carbocycles. The van der Waals surface area contributed by atoms with Gasteiger partial charge in [-0.2, -0.15) is 13.2 Å². The molecule has 1 N–H and O–H groups in total. The fourth-order valence-electron chi connectivity index (χ4n) is 1.42. The van der Waals surface area contributed by atoms with Crippen LogP contribution >= 0.6 is 0 Å². The van der Waals surface area contributed by atoms with Crippen LogP contribution in [0, 0.1) is 0 Å². The summed E-state index contributed by atoms with van der Waals surface area (Å²) in [5.74, 6) is -1.19. The lowest BCUT2D eigenvalue weighted by atomic mass is 10.1. The number of halogens is 3. The van der Waals surface area contributed by atoms with E-state index in [1.807, 2.05) is 0 Å². The van der Waals surface area contributed by atoms with E-state index in [0.717, 1.165) is 12.3 Å². The average molecular weight is 241 g/mol. The minimum atomic E-state index is -4.49. The minimum absolute atomic E-state index is 0.0707. The first-order chi connectivity index (χ1) is 7.88. The third-order valence-electron chi connectivity index (χ3n) is 2.26. The number of fused-ring (bicyclic) bond motifs is 1. The van der Waals surface area contributed by atoms with Gasteiger partial charge in [0, 0.05) is 11.6 Å². The Hall–Kier alpha value is -2.11. The zero-order chi connectivity index (χ0) is 12.6. The topological polar surface area (TPSA) is 50.2 Å². The Morgan fingerprint density at radius 3 is 2.53 bits per heavy atom. The molecule has 1 aromatic heterocycles. The zero-order valence-corrected chi connectivity index (χ0v) is 8.32. The summed E-state index contributed by atoms with van der Waals surface area (Å²) in [6.45, 7) is 0. The van der Waals surface area contributed by atoms with Crippen LogP contribution < -0.4 is 0 Å². The highest BCUT2D eigenvalue weighted by Gasteiger charge is 2.31. The van der Waals surface area contributed by atoms with Crippen LogP contribution in [0.1, 0.15) is 15.9 Å². The largest absolute Gasteiger partial charge is 0.478 e. The van der Waals surface area contributed by atoms with Gasteiger partial charge in [-0.25, -0.2) is 4.79 Å². The number of carbonyl (C=O) groups is 1. The van der Waals surface area contributed by atoms with Gasteiger partial charge in [0.2, 0.25) is 0 Å². The van der Waals surface area contributed by atoms with Crippen LogP contribution in [0.2, 0.25) is 0 Å². The van der Waals surface area contributed by atoms with Crippen molar-refractivity contribution < 1.29 is 23.1 Å². The number of alkyl halides is 3. The fourth-order valence-corrected chi connectivity index (χ4v) is 1.42. The molecule has 0 aliphatic heterocycles. The summed E-state index contributed by atoms with van der Waals surface area (Å²) in [5, 5.41) is 8.88. The highest BCUT2D eigenvalue weighted by atomic mass is 19.4. The second kappa shape index (κ2) is 3.73. The maximum Gasteiger partial charge on any atom is 0.417 e. The number of hydrogen-bond acceptors (Lipinski definition) is 2. The standard InChI is InChI=1S/C11H6F3NO2/c12-11(13,14)8-4-7-3-6(10(16)17)1-2-9(7)15-5-8/h1-5H,(H,16,17). The molecule has 0 bridgehead atoms. The van der Waals surface area contributed by atoms with Crippen molar-refractivity contribution in [1.29, 1.82) is 0 Å². The molecule has 17 heavy (non-hydrogen) atoms. The normalized spacial score (nSPS) is 11.7. The monoisotopic (exact) mass is 241 g/mol. The highest BCUT2D eigenvalue weighted by Crippen LogP contribution is 2.30. The van der Waals surface area contributed by atoms with Gasteiger partial charge < -0.3 is 5.11 Å². The van der Waals surface area contributed by atoms with Gasteiger partial charge in [-0.15, -0.1) is 0 Å². The van der Waals surface area contributed by atoms with Gasteiger partial charge in [0.1, 0.15) is 0 Å². The molecule has 0 radical (unpaired) electrons. The second-order valence-electron chi connectivity index (χ2n) is 3.43.